The van der Waals surface area contributed by atoms with Gasteiger partial charge in [-0.05, 0) is 6.66 Å². The van der Waals surface area contributed by atoms with Gasteiger partial charge in [-0.15, -0.1) is 0 Å². The molecule has 2 nitrogen and oxygen atoms in total. The predicted molar refractivity (Wildman–Crippen MR) is 64.1 cm³/mol. The maximum Gasteiger partial charge on any atom is 0.221 e. The number of rotatable bonds is 2. The second-order valence-corrected chi connectivity index (χ2v) is 8.36. The molecule has 1 atom stereocenters. The standard InChI is InChI=1S/C12H17O2P/c1-12(2,3)15(4,14)11(13)10-8-6-5-7-9-10/h5-9H,1-4H3. The minimum absolute atomic E-state index is 0.226. The first-order chi connectivity index (χ1) is 6.77. The molecule has 0 saturated carbocycles. The van der Waals surface area contributed by atoms with Gasteiger partial charge in [-0.2, -0.15) is 0 Å². The molecule has 15 heavy (non-hydrogen) atoms. The zero-order valence-corrected chi connectivity index (χ0v) is 10.5. The Morgan fingerprint density at radius 3 is 2.00 bits per heavy atom. The van der Waals surface area contributed by atoms with E-state index in [0.717, 1.165) is 0 Å². The predicted octanol–water partition coefficient (Wildman–Crippen LogP) is 3.62. The van der Waals surface area contributed by atoms with Crippen molar-refractivity contribution in [2.24, 2.45) is 0 Å². The zero-order chi connectivity index (χ0) is 11.7. The van der Waals surface area contributed by atoms with E-state index in [1.807, 2.05) is 26.8 Å². The molecule has 0 aromatic heterocycles. The van der Waals surface area contributed by atoms with Crippen LogP contribution in [0.2, 0.25) is 0 Å². The zero-order valence-electron chi connectivity index (χ0n) is 9.65. The highest BCUT2D eigenvalue weighted by atomic mass is 31.2. The van der Waals surface area contributed by atoms with Crippen molar-refractivity contribution < 1.29 is 9.36 Å². The van der Waals surface area contributed by atoms with Gasteiger partial charge in [-0.3, -0.25) is 4.79 Å². The number of benzene rings is 1. The molecule has 1 unspecified atom stereocenters. The quantitative estimate of drug-likeness (QED) is 0.719. The molecule has 3 heteroatoms. The molecule has 0 bridgehead atoms. The van der Waals surface area contributed by atoms with Crippen LogP contribution in [0.3, 0.4) is 0 Å². The lowest BCUT2D eigenvalue weighted by atomic mass is 10.2. The van der Waals surface area contributed by atoms with Crippen molar-refractivity contribution in [3.05, 3.63) is 35.9 Å². The third-order valence-corrected chi connectivity index (χ3v) is 6.28. The van der Waals surface area contributed by atoms with Gasteiger partial charge in [0.05, 0.1) is 0 Å². The highest BCUT2D eigenvalue weighted by Crippen LogP contribution is 2.56. The average molecular weight is 224 g/mol. The minimum atomic E-state index is -2.83. The fourth-order valence-corrected chi connectivity index (χ4v) is 2.38. The summed E-state index contributed by atoms with van der Waals surface area (Å²) in [5.41, 5.74) is 0.314. The first-order valence-electron chi connectivity index (χ1n) is 4.94. The highest BCUT2D eigenvalue weighted by molar-refractivity contribution is 7.81. The summed E-state index contributed by atoms with van der Waals surface area (Å²) >= 11 is 0. The Morgan fingerprint density at radius 1 is 1.13 bits per heavy atom. The molecule has 82 valence electrons. The van der Waals surface area contributed by atoms with Crippen LogP contribution in [0.5, 0.6) is 0 Å². The molecular formula is C12H17O2P. The van der Waals surface area contributed by atoms with E-state index in [-0.39, 0.29) is 5.52 Å². The van der Waals surface area contributed by atoms with Crippen LogP contribution in [0.4, 0.5) is 0 Å². The van der Waals surface area contributed by atoms with Crippen LogP contribution < -0.4 is 0 Å². The van der Waals surface area contributed by atoms with E-state index in [1.54, 1.807) is 30.9 Å². The normalized spacial score (nSPS) is 15.7. The van der Waals surface area contributed by atoms with Crippen molar-refractivity contribution in [3.8, 4) is 0 Å². The van der Waals surface area contributed by atoms with Crippen LogP contribution in [0.15, 0.2) is 30.3 Å². The molecule has 0 N–H and O–H groups in total. The molecule has 0 aliphatic heterocycles. The fraction of sp³-hybridized carbons (Fsp3) is 0.417. The Labute approximate surface area is 91.1 Å². The second-order valence-electron chi connectivity index (χ2n) is 4.77. The summed E-state index contributed by atoms with van der Waals surface area (Å²) in [6.07, 6.45) is 0. The molecular weight excluding hydrogens is 207 g/mol. The van der Waals surface area contributed by atoms with E-state index in [1.165, 1.54) is 0 Å². The summed E-state index contributed by atoms with van der Waals surface area (Å²) in [5.74, 6) is 0. The first kappa shape index (κ1) is 12.2. The van der Waals surface area contributed by atoms with Crippen molar-refractivity contribution in [2.75, 3.05) is 6.66 Å². The summed E-state index contributed by atoms with van der Waals surface area (Å²) in [7, 11) is -2.83. The van der Waals surface area contributed by atoms with E-state index < -0.39 is 12.3 Å². The third-order valence-electron chi connectivity index (χ3n) is 2.69. The van der Waals surface area contributed by atoms with Crippen LogP contribution in [-0.2, 0) is 4.57 Å². The molecule has 0 radical (unpaired) electrons. The van der Waals surface area contributed by atoms with E-state index in [9.17, 15) is 9.36 Å². The average Bonchev–Trinajstić information content (AvgIpc) is 2.16. The molecule has 0 saturated heterocycles. The van der Waals surface area contributed by atoms with E-state index in [4.69, 9.17) is 0 Å². The number of hydrogen-bond donors (Lipinski definition) is 0. The molecule has 0 aliphatic rings. The maximum atomic E-state index is 12.4. The molecule has 0 spiro atoms. The summed E-state index contributed by atoms with van der Waals surface area (Å²) in [6, 6.07) is 8.84. The molecule has 0 aliphatic carbocycles. The van der Waals surface area contributed by atoms with Gasteiger partial charge in [0.1, 0.15) is 0 Å². The number of carbonyl (C=O) groups is 1. The van der Waals surface area contributed by atoms with Crippen molar-refractivity contribution in [2.45, 2.75) is 25.9 Å². The van der Waals surface area contributed by atoms with Gasteiger partial charge in [0.25, 0.3) is 0 Å². The monoisotopic (exact) mass is 224 g/mol. The Kier molecular flexibility index (Phi) is 3.20. The molecule has 0 heterocycles. The van der Waals surface area contributed by atoms with Crippen molar-refractivity contribution in [3.63, 3.8) is 0 Å². The topological polar surface area (TPSA) is 34.1 Å². The molecule has 1 rings (SSSR count). The molecule has 1 aromatic carbocycles. The van der Waals surface area contributed by atoms with Gasteiger partial charge < -0.3 is 4.57 Å². The smallest absolute Gasteiger partial charge is 0.221 e. The summed E-state index contributed by atoms with van der Waals surface area (Å²) in [6.45, 7) is 7.10. The Bertz CT molecular complexity index is 401. The third kappa shape index (κ3) is 2.38. The lowest BCUT2D eigenvalue weighted by Crippen LogP contribution is -2.20. The van der Waals surface area contributed by atoms with Gasteiger partial charge in [-0.1, -0.05) is 51.1 Å². The van der Waals surface area contributed by atoms with Crippen LogP contribution >= 0.6 is 7.14 Å². The van der Waals surface area contributed by atoms with Gasteiger partial charge in [0.15, 0.2) is 7.14 Å². The number of carbonyl (C=O) groups excluding carboxylic acids is 1. The summed E-state index contributed by atoms with van der Waals surface area (Å²) in [4.78, 5) is 12.0. The molecule has 1 aromatic rings. The van der Waals surface area contributed by atoms with Crippen LogP contribution in [-0.4, -0.2) is 17.3 Å². The van der Waals surface area contributed by atoms with Crippen molar-refractivity contribution >= 4 is 12.7 Å². The summed E-state index contributed by atoms with van der Waals surface area (Å²) in [5, 5.41) is -0.472. The number of hydrogen-bond acceptors (Lipinski definition) is 2. The van der Waals surface area contributed by atoms with E-state index >= 15 is 0 Å². The van der Waals surface area contributed by atoms with Gasteiger partial charge in [0, 0.05) is 10.7 Å². The van der Waals surface area contributed by atoms with Gasteiger partial charge in [-0.25, -0.2) is 0 Å². The van der Waals surface area contributed by atoms with Gasteiger partial charge in [0.2, 0.25) is 5.52 Å². The maximum absolute atomic E-state index is 12.4. The SMILES string of the molecule is CC(C)(C)P(C)(=O)C(=O)c1ccccc1. The van der Waals surface area contributed by atoms with Crippen LogP contribution in [0.1, 0.15) is 31.1 Å². The Hall–Kier alpha value is -0.880. The van der Waals surface area contributed by atoms with E-state index in [0.29, 0.717) is 5.56 Å². The largest absolute Gasteiger partial charge is 0.315 e. The summed E-state index contributed by atoms with van der Waals surface area (Å²) < 4.78 is 12.4. The van der Waals surface area contributed by atoms with Crippen molar-refractivity contribution in [1.82, 2.24) is 0 Å². The van der Waals surface area contributed by atoms with Crippen LogP contribution in [0, 0.1) is 0 Å². The molecule has 0 fully saturated rings. The molecule has 0 amide bonds. The van der Waals surface area contributed by atoms with Crippen LogP contribution in [0.25, 0.3) is 0 Å². The lowest BCUT2D eigenvalue weighted by Gasteiger charge is -2.26. The van der Waals surface area contributed by atoms with Crippen molar-refractivity contribution in [1.29, 1.82) is 0 Å². The first-order valence-corrected chi connectivity index (χ1v) is 7.10. The van der Waals surface area contributed by atoms with E-state index in [2.05, 4.69) is 0 Å². The highest BCUT2D eigenvalue weighted by Gasteiger charge is 2.38. The Balaban J connectivity index is 3.12. The minimum Gasteiger partial charge on any atom is -0.315 e. The van der Waals surface area contributed by atoms with Gasteiger partial charge >= 0.3 is 0 Å². The lowest BCUT2D eigenvalue weighted by molar-refractivity contribution is 0.107. The Morgan fingerprint density at radius 2 is 1.60 bits per heavy atom. The fourth-order valence-electron chi connectivity index (χ4n) is 1.13. The second kappa shape index (κ2) is 3.94.